The minimum atomic E-state index is -0.782. The lowest BCUT2D eigenvalue weighted by Gasteiger charge is -2.27. The van der Waals surface area contributed by atoms with Gasteiger partial charge in [0.25, 0.3) is 0 Å². The van der Waals surface area contributed by atoms with Crippen LogP contribution in [0, 0.1) is 0 Å². The molecule has 0 unspecified atom stereocenters. The molecule has 1 atom stereocenters. The fourth-order valence-corrected chi connectivity index (χ4v) is 2.39. The van der Waals surface area contributed by atoms with E-state index in [0.717, 1.165) is 38.4 Å². The minimum Gasteiger partial charge on any atom is -0.481 e. The molecule has 1 fully saturated rings. The van der Waals surface area contributed by atoms with Gasteiger partial charge in [0.1, 0.15) is 0 Å². The first-order valence-electron chi connectivity index (χ1n) is 6.45. The zero-order valence-corrected chi connectivity index (χ0v) is 11.5. The van der Waals surface area contributed by atoms with Gasteiger partial charge < -0.3 is 9.84 Å². The van der Waals surface area contributed by atoms with Crippen molar-refractivity contribution in [1.29, 1.82) is 0 Å². The topological polar surface area (TPSA) is 49.8 Å². The van der Waals surface area contributed by atoms with Gasteiger partial charge in [-0.25, -0.2) is 0 Å². The van der Waals surface area contributed by atoms with Crippen molar-refractivity contribution in [3.63, 3.8) is 0 Å². The number of halogens is 1. The van der Waals surface area contributed by atoms with Crippen LogP contribution in [0.25, 0.3) is 0 Å². The number of hydrogen-bond acceptors (Lipinski definition) is 3. The third-order valence-corrected chi connectivity index (χ3v) is 3.66. The van der Waals surface area contributed by atoms with E-state index >= 15 is 0 Å². The van der Waals surface area contributed by atoms with Crippen molar-refractivity contribution in [2.45, 2.75) is 12.3 Å². The Labute approximate surface area is 117 Å². The monoisotopic (exact) mass is 283 g/mol. The Morgan fingerprint density at radius 3 is 2.53 bits per heavy atom. The Balaban J connectivity index is 1.96. The molecule has 0 spiro atoms. The van der Waals surface area contributed by atoms with Crippen molar-refractivity contribution in [3.8, 4) is 0 Å². The molecule has 1 aliphatic rings. The van der Waals surface area contributed by atoms with Gasteiger partial charge in [-0.05, 0) is 30.7 Å². The third kappa shape index (κ3) is 4.20. The van der Waals surface area contributed by atoms with Gasteiger partial charge in [0.15, 0.2) is 0 Å². The number of benzene rings is 1. The number of hydrogen-bond donors (Lipinski definition) is 1. The zero-order valence-electron chi connectivity index (χ0n) is 10.7. The quantitative estimate of drug-likeness (QED) is 0.900. The lowest BCUT2D eigenvalue weighted by atomic mass is 9.95. The van der Waals surface area contributed by atoms with Crippen molar-refractivity contribution in [3.05, 3.63) is 34.9 Å². The highest BCUT2D eigenvalue weighted by atomic mass is 35.5. The molecule has 1 aliphatic heterocycles. The first kappa shape index (κ1) is 14.3. The van der Waals surface area contributed by atoms with E-state index in [-0.39, 0.29) is 0 Å². The van der Waals surface area contributed by atoms with E-state index in [1.165, 1.54) is 0 Å². The maximum atomic E-state index is 11.4. The summed E-state index contributed by atoms with van der Waals surface area (Å²) in [5.74, 6) is -1.25. The second-order valence-electron chi connectivity index (χ2n) is 4.69. The normalized spacial score (nSPS) is 18.2. The molecule has 0 bridgehead atoms. The van der Waals surface area contributed by atoms with Crippen molar-refractivity contribution in [2.75, 3.05) is 32.8 Å². The summed E-state index contributed by atoms with van der Waals surface area (Å²) in [6.07, 6.45) is 0.608. The predicted octanol–water partition coefficient (Wildman–Crippen LogP) is 2.23. The molecule has 1 N–H and O–H groups in total. The van der Waals surface area contributed by atoms with Crippen LogP contribution in [0.15, 0.2) is 24.3 Å². The summed E-state index contributed by atoms with van der Waals surface area (Å²) in [4.78, 5) is 13.6. The molecule has 1 aromatic rings. The SMILES string of the molecule is O=C(O)[C@H](CCN1CCOCC1)c1ccc(Cl)cc1. The third-order valence-electron chi connectivity index (χ3n) is 3.41. The lowest BCUT2D eigenvalue weighted by Crippen LogP contribution is -2.37. The standard InChI is InChI=1S/C14H18ClNO3/c15-12-3-1-11(2-4-12)13(14(17)18)5-6-16-7-9-19-10-8-16/h1-4,13H,5-10H2,(H,17,18)/t13-/m1/s1. The Hall–Kier alpha value is -1.10. The number of aliphatic carboxylic acids is 1. The summed E-state index contributed by atoms with van der Waals surface area (Å²) in [5, 5.41) is 9.98. The summed E-state index contributed by atoms with van der Waals surface area (Å²) in [5.41, 5.74) is 0.810. The number of carboxylic acids is 1. The van der Waals surface area contributed by atoms with Crippen molar-refractivity contribution in [1.82, 2.24) is 4.90 Å². The Morgan fingerprint density at radius 2 is 1.95 bits per heavy atom. The fourth-order valence-electron chi connectivity index (χ4n) is 2.26. The number of rotatable bonds is 5. The summed E-state index contributed by atoms with van der Waals surface area (Å²) < 4.78 is 5.28. The van der Waals surface area contributed by atoms with Crippen LogP contribution < -0.4 is 0 Å². The number of ether oxygens (including phenoxy) is 1. The molecule has 1 saturated heterocycles. The second kappa shape index (κ2) is 6.89. The van der Waals surface area contributed by atoms with Crippen LogP contribution in [0.2, 0.25) is 5.02 Å². The summed E-state index contributed by atoms with van der Waals surface area (Å²) in [6, 6.07) is 7.06. The van der Waals surface area contributed by atoms with Gasteiger partial charge in [-0.15, -0.1) is 0 Å². The molecule has 19 heavy (non-hydrogen) atoms. The molecule has 0 aromatic heterocycles. The second-order valence-corrected chi connectivity index (χ2v) is 5.12. The molecule has 1 aromatic carbocycles. The smallest absolute Gasteiger partial charge is 0.311 e. The van der Waals surface area contributed by atoms with E-state index in [4.69, 9.17) is 16.3 Å². The molecule has 5 heteroatoms. The first-order chi connectivity index (χ1) is 9.16. The van der Waals surface area contributed by atoms with Crippen LogP contribution in [0.1, 0.15) is 17.9 Å². The van der Waals surface area contributed by atoms with Gasteiger partial charge in [0, 0.05) is 18.1 Å². The molecule has 104 valence electrons. The molecule has 0 saturated carbocycles. The van der Waals surface area contributed by atoms with Crippen molar-refractivity contribution < 1.29 is 14.6 Å². The number of morpholine rings is 1. The van der Waals surface area contributed by atoms with Gasteiger partial charge in [-0.3, -0.25) is 9.69 Å². The highest BCUT2D eigenvalue weighted by Gasteiger charge is 2.21. The maximum absolute atomic E-state index is 11.4. The minimum absolute atomic E-state index is 0.472. The Bertz CT molecular complexity index is 415. The van der Waals surface area contributed by atoms with E-state index < -0.39 is 11.9 Å². The molecule has 0 radical (unpaired) electrons. The molecule has 0 aliphatic carbocycles. The highest BCUT2D eigenvalue weighted by molar-refractivity contribution is 6.30. The maximum Gasteiger partial charge on any atom is 0.311 e. The number of carbonyl (C=O) groups is 1. The summed E-state index contributed by atoms with van der Waals surface area (Å²) >= 11 is 5.83. The van der Waals surface area contributed by atoms with Gasteiger partial charge in [-0.1, -0.05) is 23.7 Å². The number of carboxylic acid groups (broad SMARTS) is 1. The average molecular weight is 284 g/mol. The lowest BCUT2D eigenvalue weighted by molar-refractivity contribution is -0.139. The molecular formula is C14H18ClNO3. The van der Waals surface area contributed by atoms with Crippen LogP contribution in [0.5, 0.6) is 0 Å². The van der Waals surface area contributed by atoms with Crippen molar-refractivity contribution in [2.24, 2.45) is 0 Å². The summed E-state index contributed by atoms with van der Waals surface area (Å²) in [6.45, 7) is 4.01. The van der Waals surface area contributed by atoms with Gasteiger partial charge in [0.2, 0.25) is 0 Å². The highest BCUT2D eigenvalue weighted by Crippen LogP contribution is 2.22. The van der Waals surface area contributed by atoms with Crippen LogP contribution in [-0.2, 0) is 9.53 Å². The van der Waals surface area contributed by atoms with E-state index in [0.29, 0.717) is 11.4 Å². The van der Waals surface area contributed by atoms with Gasteiger partial charge in [0.05, 0.1) is 19.1 Å². The number of nitrogens with zero attached hydrogens (tertiary/aromatic N) is 1. The largest absolute Gasteiger partial charge is 0.481 e. The van der Waals surface area contributed by atoms with Crippen molar-refractivity contribution >= 4 is 17.6 Å². The molecule has 2 rings (SSSR count). The Kier molecular flexibility index (Phi) is 5.19. The Morgan fingerprint density at radius 1 is 1.32 bits per heavy atom. The van der Waals surface area contributed by atoms with E-state index in [9.17, 15) is 9.90 Å². The first-order valence-corrected chi connectivity index (χ1v) is 6.83. The van der Waals surface area contributed by atoms with Gasteiger partial charge in [-0.2, -0.15) is 0 Å². The van der Waals surface area contributed by atoms with E-state index in [1.54, 1.807) is 24.3 Å². The molecule has 0 amide bonds. The zero-order chi connectivity index (χ0) is 13.7. The van der Waals surface area contributed by atoms with Crippen LogP contribution in [0.3, 0.4) is 0 Å². The molecule has 1 heterocycles. The van der Waals surface area contributed by atoms with Crippen LogP contribution in [-0.4, -0.2) is 48.8 Å². The fraction of sp³-hybridized carbons (Fsp3) is 0.500. The van der Waals surface area contributed by atoms with Gasteiger partial charge >= 0.3 is 5.97 Å². The average Bonchev–Trinajstić information content (AvgIpc) is 2.42. The van der Waals surface area contributed by atoms with Crippen LogP contribution >= 0.6 is 11.6 Å². The predicted molar refractivity (Wildman–Crippen MR) is 73.7 cm³/mol. The molecular weight excluding hydrogens is 266 g/mol. The van der Waals surface area contributed by atoms with Crippen LogP contribution in [0.4, 0.5) is 0 Å². The summed E-state index contributed by atoms with van der Waals surface area (Å²) in [7, 11) is 0. The molecule has 4 nitrogen and oxygen atoms in total. The van der Waals surface area contributed by atoms with E-state index in [2.05, 4.69) is 4.90 Å². The van der Waals surface area contributed by atoms with E-state index in [1.807, 2.05) is 0 Å².